The molecule has 1 amide bonds. The van der Waals surface area contributed by atoms with Gasteiger partial charge in [-0.1, -0.05) is 251 Å². The number of hydrogen-bond acceptors (Lipinski definition) is 5. The molecule has 3 N–H and O–H groups in total. The fourth-order valence-corrected chi connectivity index (χ4v) is 8.39. The van der Waals surface area contributed by atoms with Crippen molar-refractivity contribution in [2.45, 2.75) is 309 Å². The maximum absolute atomic E-state index is 12.5. The molecule has 0 rings (SSSR count). The van der Waals surface area contributed by atoms with E-state index in [1.165, 1.54) is 218 Å². The van der Waals surface area contributed by atoms with Gasteiger partial charge in [0.25, 0.3) is 0 Å². The van der Waals surface area contributed by atoms with Crippen LogP contribution in [0.25, 0.3) is 0 Å². The minimum atomic E-state index is -0.667. The number of unbranched alkanes of at least 4 members (excludes halogenated alkanes) is 37. The lowest BCUT2D eigenvalue weighted by Gasteiger charge is -2.22. The predicted molar refractivity (Wildman–Crippen MR) is 260 cm³/mol. The van der Waals surface area contributed by atoms with E-state index < -0.39 is 12.1 Å². The molecule has 0 saturated heterocycles. The molecular formula is C54H105NO5. The lowest BCUT2D eigenvalue weighted by molar-refractivity contribution is -0.143. The van der Waals surface area contributed by atoms with E-state index in [0.717, 1.165) is 44.9 Å². The van der Waals surface area contributed by atoms with Crippen molar-refractivity contribution in [2.75, 3.05) is 13.2 Å². The third kappa shape index (κ3) is 46.1. The normalized spacial score (nSPS) is 12.7. The zero-order chi connectivity index (χ0) is 43.7. The van der Waals surface area contributed by atoms with Gasteiger partial charge in [-0.25, -0.2) is 0 Å². The molecule has 2 atom stereocenters. The summed E-state index contributed by atoms with van der Waals surface area (Å²) in [6.45, 7) is 4.91. The number of esters is 1. The van der Waals surface area contributed by atoms with Crippen LogP contribution in [-0.4, -0.2) is 47.4 Å². The summed E-state index contributed by atoms with van der Waals surface area (Å²) in [6.07, 6.45) is 57.6. The zero-order valence-corrected chi connectivity index (χ0v) is 40.5. The van der Waals surface area contributed by atoms with Crippen molar-refractivity contribution in [2.24, 2.45) is 0 Å². The van der Waals surface area contributed by atoms with E-state index in [1.807, 2.05) is 0 Å². The molecule has 0 aromatic rings. The van der Waals surface area contributed by atoms with Crippen LogP contribution in [0.1, 0.15) is 296 Å². The predicted octanol–water partition coefficient (Wildman–Crippen LogP) is 16.1. The average molecular weight is 848 g/mol. The van der Waals surface area contributed by atoms with Gasteiger partial charge in [0.2, 0.25) is 5.91 Å². The van der Waals surface area contributed by atoms with Gasteiger partial charge in [-0.3, -0.25) is 9.59 Å². The maximum atomic E-state index is 12.5. The second kappa shape index (κ2) is 50.2. The van der Waals surface area contributed by atoms with Gasteiger partial charge in [-0.2, -0.15) is 0 Å². The van der Waals surface area contributed by atoms with Crippen molar-refractivity contribution in [1.82, 2.24) is 5.32 Å². The minimum absolute atomic E-state index is 0.00542. The van der Waals surface area contributed by atoms with Gasteiger partial charge in [-0.05, 0) is 44.9 Å². The van der Waals surface area contributed by atoms with E-state index in [4.69, 9.17) is 4.74 Å². The van der Waals surface area contributed by atoms with Crippen molar-refractivity contribution in [3.63, 3.8) is 0 Å². The van der Waals surface area contributed by atoms with Crippen molar-refractivity contribution in [3.8, 4) is 0 Å². The van der Waals surface area contributed by atoms with Crippen LogP contribution in [0, 0.1) is 0 Å². The van der Waals surface area contributed by atoms with Gasteiger partial charge in [0.1, 0.15) is 0 Å². The molecule has 0 aliphatic carbocycles. The van der Waals surface area contributed by atoms with Crippen LogP contribution in [0.3, 0.4) is 0 Å². The number of aliphatic hydroxyl groups is 2. The van der Waals surface area contributed by atoms with Gasteiger partial charge in [0, 0.05) is 12.8 Å². The Bertz CT molecular complexity index is 893. The summed E-state index contributed by atoms with van der Waals surface area (Å²) < 4.78 is 5.45. The van der Waals surface area contributed by atoms with Crippen LogP contribution in [0.4, 0.5) is 0 Å². The molecule has 0 heterocycles. The molecule has 0 aromatic heterocycles. The van der Waals surface area contributed by atoms with Crippen molar-refractivity contribution >= 4 is 11.9 Å². The second-order valence-corrected chi connectivity index (χ2v) is 18.6. The van der Waals surface area contributed by atoms with Gasteiger partial charge in [-0.15, -0.1) is 0 Å². The SMILES string of the molecule is CCCC/C=C\CCCCCCCC(=O)OCCCCCCCCCCCCCCCCCCCC(=O)NC(CO)C(O)CCCCCCCCCCCCCCCCC. The Hall–Kier alpha value is -1.40. The minimum Gasteiger partial charge on any atom is -0.466 e. The maximum Gasteiger partial charge on any atom is 0.305 e. The first kappa shape index (κ1) is 58.6. The highest BCUT2D eigenvalue weighted by Gasteiger charge is 2.20. The molecule has 0 aliphatic heterocycles. The molecule has 0 bridgehead atoms. The van der Waals surface area contributed by atoms with E-state index in [0.29, 0.717) is 25.9 Å². The Labute approximate surface area is 374 Å². The molecule has 0 radical (unpaired) electrons. The molecule has 0 aromatic carbocycles. The van der Waals surface area contributed by atoms with Gasteiger partial charge in [0.15, 0.2) is 0 Å². The number of nitrogens with one attached hydrogen (secondary N) is 1. The standard InChI is InChI=1S/C54H105NO5/c1-3-5-7-9-11-13-15-16-20-23-27-30-34-38-42-46-52(57)51(50-56)55-53(58)47-43-39-35-31-28-24-21-18-17-19-22-25-29-33-37-41-45-49-60-54(59)48-44-40-36-32-26-14-12-10-8-6-4-2/h10,12,51-52,56-57H,3-9,11,13-50H2,1-2H3,(H,55,58)/b12-10-. The molecular weight excluding hydrogens is 743 g/mol. The number of ether oxygens (including phenoxy) is 1. The molecule has 356 valence electrons. The number of hydrogen-bond donors (Lipinski definition) is 3. The average Bonchev–Trinajstić information content (AvgIpc) is 3.25. The van der Waals surface area contributed by atoms with Crippen LogP contribution in [0.5, 0.6) is 0 Å². The largest absolute Gasteiger partial charge is 0.466 e. The number of amides is 1. The summed E-state index contributed by atoms with van der Waals surface area (Å²) in [7, 11) is 0. The Morgan fingerprint density at radius 3 is 1.23 bits per heavy atom. The topological polar surface area (TPSA) is 95.9 Å². The lowest BCUT2D eigenvalue weighted by Crippen LogP contribution is -2.45. The molecule has 6 nitrogen and oxygen atoms in total. The zero-order valence-electron chi connectivity index (χ0n) is 40.5. The summed E-state index contributed by atoms with van der Waals surface area (Å²) in [5.74, 6) is -0.0444. The Kier molecular flexibility index (Phi) is 49.1. The van der Waals surface area contributed by atoms with E-state index in [1.54, 1.807) is 0 Å². The Morgan fingerprint density at radius 1 is 0.450 bits per heavy atom. The number of aliphatic hydroxyl groups excluding tert-OH is 2. The fraction of sp³-hybridized carbons (Fsp3) is 0.926. The van der Waals surface area contributed by atoms with Gasteiger partial charge in [0.05, 0.1) is 25.4 Å². The molecule has 0 aliphatic rings. The van der Waals surface area contributed by atoms with Crippen molar-refractivity contribution in [1.29, 1.82) is 0 Å². The molecule has 0 saturated carbocycles. The van der Waals surface area contributed by atoms with E-state index in [9.17, 15) is 19.8 Å². The smallest absolute Gasteiger partial charge is 0.305 e. The van der Waals surface area contributed by atoms with Crippen LogP contribution in [-0.2, 0) is 14.3 Å². The highest BCUT2D eigenvalue weighted by atomic mass is 16.5. The summed E-state index contributed by atoms with van der Waals surface area (Å²) in [5, 5.41) is 23.2. The first-order valence-electron chi connectivity index (χ1n) is 26.9. The highest BCUT2D eigenvalue weighted by molar-refractivity contribution is 5.76. The summed E-state index contributed by atoms with van der Waals surface area (Å²) in [4.78, 5) is 24.4. The van der Waals surface area contributed by atoms with Gasteiger partial charge < -0.3 is 20.3 Å². The summed E-state index contributed by atoms with van der Waals surface area (Å²) in [5.41, 5.74) is 0. The highest BCUT2D eigenvalue weighted by Crippen LogP contribution is 2.17. The van der Waals surface area contributed by atoms with Crippen LogP contribution in [0.15, 0.2) is 12.2 Å². The third-order valence-corrected chi connectivity index (χ3v) is 12.6. The second-order valence-electron chi connectivity index (χ2n) is 18.6. The van der Waals surface area contributed by atoms with E-state index in [-0.39, 0.29) is 18.5 Å². The van der Waals surface area contributed by atoms with Crippen molar-refractivity contribution < 1.29 is 24.5 Å². The number of rotatable bonds is 50. The van der Waals surface area contributed by atoms with Gasteiger partial charge >= 0.3 is 5.97 Å². The first-order valence-corrected chi connectivity index (χ1v) is 26.9. The van der Waals surface area contributed by atoms with Crippen molar-refractivity contribution in [3.05, 3.63) is 12.2 Å². The van der Waals surface area contributed by atoms with Crippen LogP contribution >= 0.6 is 0 Å². The lowest BCUT2D eigenvalue weighted by atomic mass is 10.0. The third-order valence-electron chi connectivity index (χ3n) is 12.6. The van der Waals surface area contributed by atoms with E-state index >= 15 is 0 Å². The van der Waals surface area contributed by atoms with E-state index in [2.05, 4.69) is 31.3 Å². The molecule has 0 spiro atoms. The molecule has 2 unspecified atom stereocenters. The molecule has 0 fully saturated rings. The monoisotopic (exact) mass is 848 g/mol. The summed E-state index contributed by atoms with van der Waals surface area (Å²) in [6, 6.07) is -0.544. The fourth-order valence-electron chi connectivity index (χ4n) is 8.39. The number of carbonyl (C=O) groups excluding carboxylic acids is 2. The Morgan fingerprint density at radius 2 is 0.800 bits per heavy atom. The van der Waals surface area contributed by atoms with Crippen LogP contribution in [0.2, 0.25) is 0 Å². The van der Waals surface area contributed by atoms with Crippen LogP contribution < -0.4 is 5.32 Å². The number of carbonyl (C=O) groups is 2. The molecule has 6 heteroatoms. The molecule has 60 heavy (non-hydrogen) atoms. The Balaban J connectivity index is 3.42. The number of allylic oxidation sites excluding steroid dienone is 2. The first-order chi connectivity index (χ1) is 29.5. The quantitative estimate of drug-likeness (QED) is 0.0322. The summed E-state index contributed by atoms with van der Waals surface area (Å²) >= 11 is 0.